The Labute approximate surface area is 270 Å². The lowest BCUT2D eigenvalue weighted by Gasteiger charge is -2.30. The quantitative estimate of drug-likeness (QED) is 0.122. The summed E-state index contributed by atoms with van der Waals surface area (Å²) in [6, 6.07) is 0.859. The van der Waals surface area contributed by atoms with Crippen molar-refractivity contribution >= 4 is 23.6 Å². The zero-order chi connectivity index (χ0) is 34.1. The van der Waals surface area contributed by atoms with E-state index in [4.69, 9.17) is 0 Å². The number of pyridine rings is 1. The van der Waals surface area contributed by atoms with Crippen molar-refractivity contribution in [1.29, 1.82) is 0 Å². The second kappa shape index (κ2) is 20.5. The van der Waals surface area contributed by atoms with Crippen LogP contribution in [0.15, 0.2) is 36.8 Å². The van der Waals surface area contributed by atoms with Gasteiger partial charge in [0.25, 0.3) is 5.91 Å². The van der Waals surface area contributed by atoms with Crippen molar-refractivity contribution in [1.82, 2.24) is 36.9 Å². The Morgan fingerprint density at radius 3 is 2.00 bits per heavy atom. The molecular weight excluding hydrogens is 570 g/mol. The number of amides is 4. The zero-order valence-electron chi connectivity index (χ0n) is 29.0. The van der Waals surface area contributed by atoms with Crippen LogP contribution in [0.5, 0.6) is 0 Å². The van der Waals surface area contributed by atoms with Gasteiger partial charge in [-0.1, -0.05) is 67.9 Å². The van der Waals surface area contributed by atoms with Crippen LogP contribution in [0.3, 0.4) is 0 Å². The van der Waals surface area contributed by atoms with E-state index >= 15 is 0 Å². The molecule has 11 nitrogen and oxygen atoms in total. The second-order valence-corrected chi connectivity index (χ2v) is 12.7. The van der Waals surface area contributed by atoms with Gasteiger partial charge in [-0.2, -0.15) is 0 Å². The van der Waals surface area contributed by atoms with Crippen molar-refractivity contribution in [2.24, 2.45) is 17.8 Å². The van der Waals surface area contributed by atoms with Crippen molar-refractivity contribution in [2.75, 3.05) is 13.1 Å². The predicted molar refractivity (Wildman–Crippen MR) is 180 cm³/mol. The van der Waals surface area contributed by atoms with Gasteiger partial charge in [-0.05, 0) is 56.6 Å². The number of aromatic nitrogens is 1. The van der Waals surface area contributed by atoms with Crippen molar-refractivity contribution in [3.63, 3.8) is 0 Å². The highest BCUT2D eigenvalue weighted by Crippen LogP contribution is 2.12. The van der Waals surface area contributed by atoms with Gasteiger partial charge >= 0.3 is 0 Å². The molecule has 1 heterocycles. The largest absolute Gasteiger partial charge is 0.376 e. The van der Waals surface area contributed by atoms with E-state index in [0.29, 0.717) is 49.5 Å². The molecule has 1 aromatic rings. The molecule has 1 aromatic heterocycles. The van der Waals surface area contributed by atoms with Crippen LogP contribution < -0.4 is 31.9 Å². The number of nitrogens with zero attached hydrogens (tertiary/aromatic N) is 1. The Hall–Kier alpha value is -3.47. The van der Waals surface area contributed by atoms with Crippen molar-refractivity contribution in [3.05, 3.63) is 42.4 Å². The first kappa shape index (κ1) is 39.6. The first-order valence-corrected chi connectivity index (χ1v) is 16.5. The van der Waals surface area contributed by atoms with Gasteiger partial charge in [0.2, 0.25) is 17.7 Å². The smallest absolute Gasteiger partial charge is 0.252 e. The van der Waals surface area contributed by atoms with E-state index in [2.05, 4.69) is 57.3 Å². The van der Waals surface area contributed by atoms with Crippen LogP contribution in [0, 0.1) is 17.8 Å². The monoisotopic (exact) mass is 629 g/mol. The Kier molecular flexibility index (Phi) is 18.1. The standard InChI is InChI=1S/C34H59N7O4/c1-11-14-28(40-34(45)30(23(8)12-2)41-31(42)26-15-17-35-18-16-26)32(43)39-27(19-21(4)5)20-37-24(9)25(10)38-29(22(6)7)33(44)36-13-3/h15-18,21-24,27-30,37-38H,10-14,19-20H2,1-9H3,(H,36,44)(H,39,43)(H,40,45)(H,41,42)/t23-,24-,27-,28-,29-,30-/m0/s1. The normalized spacial score (nSPS) is 15.3. The van der Waals surface area contributed by atoms with E-state index in [1.807, 2.05) is 48.5 Å². The van der Waals surface area contributed by atoms with Crippen molar-refractivity contribution < 1.29 is 19.2 Å². The zero-order valence-corrected chi connectivity index (χ0v) is 29.0. The number of rotatable bonds is 21. The molecule has 1 rings (SSSR count). The van der Waals surface area contributed by atoms with Gasteiger partial charge in [-0.15, -0.1) is 0 Å². The average molecular weight is 630 g/mol. The molecule has 0 spiro atoms. The molecule has 0 aliphatic carbocycles. The average Bonchev–Trinajstić information content (AvgIpc) is 3.00. The molecular formula is C34H59N7O4. The molecule has 0 unspecified atom stereocenters. The summed E-state index contributed by atoms with van der Waals surface area (Å²) in [4.78, 5) is 56.4. The van der Waals surface area contributed by atoms with Gasteiger partial charge in [0.15, 0.2) is 0 Å². The molecule has 6 N–H and O–H groups in total. The topological polar surface area (TPSA) is 153 Å². The molecule has 45 heavy (non-hydrogen) atoms. The molecule has 0 bridgehead atoms. The minimum atomic E-state index is -0.801. The number of carbonyl (C=O) groups is 4. The molecule has 0 saturated heterocycles. The van der Waals surface area contributed by atoms with Crippen molar-refractivity contribution in [2.45, 2.75) is 118 Å². The SMILES string of the molecule is C=C(N[C@H](C(=O)NCC)C(C)C)[C@H](C)NC[C@H](CC(C)C)NC(=O)[C@H](CCC)NC(=O)[C@@H](NC(=O)c1ccncc1)[C@@H](C)CC. The molecule has 6 atom stereocenters. The summed E-state index contributed by atoms with van der Waals surface area (Å²) in [6.45, 7) is 23.0. The minimum Gasteiger partial charge on any atom is -0.376 e. The van der Waals surface area contributed by atoms with E-state index in [-0.39, 0.29) is 47.5 Å². The predicted octanol–water partition coefficient (Wildman–Crippen LogP) is 3.28. The van der Waals surface area contributed by atoms with Gasteiger partial charge < -0.3 is 31.9 Å². The number of hydrogen-bond acceptors (Lipinski definition) is 7. The molecule has 4 amide bonds. The Morgan fingerprint density at radius 1 is 0.822 bits per heavy atom. The number of nitrogens with one attached hydrogen (secondary N) is 6. The fourth-order valence-corrected chi connectivity index (χ4v) is 4.90. The number of hydrogen-bond donors (Lipinski definition) is 6. The minimum absolute atomic E-state index is 0.0673. The van der Waals surface area contributed by atoms with E-state index in [1.54, 1.807) is 12.1 Å². The maximum Gasteiger partial charge on any atom is 0.252 e. The lowest BCUT2D eigenvalue weighted by Crippen LogP contribution is -2.57. The summed E-state index contributed by atoms with van der Waals surface area (Å²) in [5.74, 6) is -0.845. The maximum absolute atomic E-state index is 13.6. The Bertz CT molecular complexity index is 1080. The van der Waals surface area contributed by atoms with Gasteiger partial charge in [0.05, 0.1) is 0 Å². The number of carbonyl (C=O) groups excluding carboxylic acids is 4. The highest BCUT2D eigenvalue weighted by molar-refractivity contribution is 5.98. The third kappa shape index (κ3) is 14.0. The van der Waals surface area contributed by atoms with Crippen LogP contribution in [0.4, 0.5) is 0 Å². The molecule has 11 heteroatoms. The van der Waals surface area contributed by atoms with E-state index in [9.17, 15) is 19.2 Å². The third-order valence-corrected chi connectivity index (χ3v) is 7.87. The van der Waals surface area contributed by atoms with Crippen LogP contribution in [0.2, 0.25) is 0 Å². The fraction of sp³-hybridized carbons (Fsp3) is 0.676. The third-order valence-electron chi connectivity index (χ3n) is 7.87. The second-order valence-electron chi connectivity index (χ2n) is 12.7. The summed E-state index contributed by atoms with van der Waals surface area (Å²) >= 11 is 0. The van der Waals surface area contributed by atoms with Crippen LogP contribution in [0.25, 0.3) is 0 Å². The Morgan fingerprint density at radius 2 is 1.47 bits per heavy atom. The van der Waals surface area contributed by atoms with Gasteiger partial charge in [-0.25, -0.2) is 0 Å². The summed E-state index contributed by atoms with van der Waals surface area (Å²) in [6.07, 6.45) is 5.59. The lowest BCUT2D eigenvalue weighted by molar-refractivity contribution is -0.131. The molecule has 0 radical (unpaired) electrons. The lowest BCUT2D eigenvalue weighted by atomic mass is 9.97. The summed E-state index contributed by atoms with van der Waals surface area (Å²) < 4.78 is 0. The molecule has 0 fully saturated rings. The van der Waals surface area contributed by atoms with Crippen LogP contribution >= 0.6 is 0 Å². The number of likely N-dealkylation sites (N-methyl/N-ethyl adjacent to an activating group) is 1. The Balaban J connectivity index is 2.96. The highest BCUT2D eigenvalue weighted by atomic mass is 16.2. The summed E-state index contributed by atoms with van der Waals surface area (Å²) in [5.41, 5.74) is 1.10. The van der Waals surface area contributed by atoms with Gasteiger partial charge in [0, 0.05) is 48.8 Å². The summed E-state index contributed by atoms with van der Waals surface area (Å²) in [5, 5.41) is 18.5. The molecule has 0 aromatic carbocycles. The van der Waals surface area contributed by atoms with Gasteiger partial charge in [0.1, 0.15) is 18.1 Å². The van der Waals surface area contributed by atoms with E-state index < -0.39 is 18.1 Å². The maximum atomic E-state index is 13.6. The fourth-order valence-electron chi connectivity index (χ4n) is 4.90. The van der Waals surface area contributed by atoms with Crippen LogP contribution in [0.1, 0.15) is 98.4 Å². The van der Waals surface area contributed by atoms with Crippen molar-refractivity contribution in [3.8, 4) is 0 Å². The summed E-state index contributed by atoms with van der Waals surface area (Å²) in [7, 11) is 0. The van der Waals surface area contributed by atoms with E-state index in [0.717, 1.165) is 6.42 Å². The molecule has 0 saturated carbocycles. The van der Waals surface area contributed by atoms with Crippen LogP contribution in [-0.2, 0) is 14.4 Å². The van der Waals surface area contributed by atoms with Gasteiger partial charge in [-0.3, -0.25) is 24.2 Å². The first-order valence-electron chi connectivity index (χ1n) is 16.5. The van der Waals surface area contributed by atoms with Crippen LogP contribution in [-0.4, -0.2) is 71.9 Å². The molecule has 254 valence electrons. The first-order chi connectivity index (χ1) is 21.2. The highest BCUT2D eigenvalue weighted by Gasteiger charge is 2.31. The molecule has 0 aliphatic heterocycles. The molecule has 0 aliphatic rings. The van der Waals surface area contributed by atoms with E-state index in [1.165, 1.54) is 12.4 Å².